The van der Waals surface area contributed by atoms with Crippen LogP contribution >= 0.6 is 0 Å². The molecule has 0 bridgehead atoms. The molecule has 0 fully saturated rings. The number of anilines is 1. The summed E-state index contributed by atoms with van der Waals surface area (Å²) in [5, 5.41) is 4.09. The average molecular weight is 175 g/mol. The number of hydrogen-bond acceptors (Lipinski definition) is 4. The van der Waals surface area contributed by atoms with Gasteiger partial charge in [-0.2, -0.15) is 5.10 Å². The van der Waals surface area contributed by atoms with E-state index in [2.05, 4.69) is 15.1 Å². The van der Waals surface area contributed by atoms with E-state index in [-0.39, 0.29) is 0 Å². The van der Waals surface area contributed by atoms with Gasteiger partial charge in [-0.3, -0.25) is 0 Å². The molecule has 66 valence electrons. The highest BCUT2D eigenvalue weighted by Gasteiger charge is 2.02. The molecule has 13 heavy (non-hydrogen) atoms. The van der Waals surface area contributed by atoms with Gasteiger partial charge in [0.25, 0.3) is 0 Å². The summed E-state index contributed by atoms with van der Waals surface area (Å²) in [6.07, 6.45) is 6.68. The fourth-order valence-corrected chi connectivity index (χ4v) is 1.02. The molecule has 0 radical (unpaired) electrons. The van der Waals surface area contributed by atoms with Crippen molar-refractivity contribution in [3.63, 3.8) is 0 Å². The van der Waals surface area contributed by atoms with E-state index in [1.807, 2.05) is 13.1 Å². The Balaban J connectivity index is 2.48. The third-order valence-electron chi connectivity index (χ3n) is 1.75. The summed E-state index contributed by atoms with van der Waals surface area (Å²) in [6, 6.07) is 0. The number of rotatable bonds is 1. The summed E-state index contributed by atoms with van der Waals surface area (Å²) in [4.78, 5) is 7.77. The fourth-order valence-electron chi connectivity index (χ4n) is 1.02. The summed E-state index contributed by atoms with van der Waals surface area (Å²) in [6.45, 7) is 1.91. The van der Waals surface area contributed by atoms with E-state index >= 15 is 0 Å². The summed E-state index contributed by atoms with van der Waals surface area (Å²) in [7, 11) is 0. The highest BCUT2D eigenvalue weighted by Crippen LogP contribution is 2.10. The summed E-state index contributed by atoms with van der Waals surface area (Å²) >= 11 is 0. The van der Waals surface area contributed by atoms with Gasteiger partial charge in [0, 0.05) is 11.8 Å². The Morgan fingerprint density at radius 3 is 2.54 bits per heavy atom. The van der Waals surface area contributed by atoms with E-state index < -0.39 is 0 Å². The third kappa shape index (κ3) is 1.35. The molecule has 2 aromatic rings. The maximum atomic E-state index is 5.61. The van der Waals surface area contributed by atoms with Crippen LogP contribution in [0.25, 0.3) is 5.69 Å². The molecule has 0 atom stereocenters. The Labute approximate surface area is 75.2 Å². The Bertz CT molecular complexity index is 386. The van der Waals surface area contributed by atoms with Crippen molar-refractivity contribution in [3.8, 4) is 5.69 Å². The number of nitrogens with zero attached hydrogens (tertiary/aromatic N) is 4. The maximum absolute atomic E-state index is 5.61. The second-order valence-electron chi connectivity index (χ2n) is 2.74. The summed E-state index contributed by atoms with van der Waals surface area (Å²) < 4.78 is 1.66. The van der Waals surface area contributed by atoms with Gasteiger partial charge in [-0.05, 0) is 6.92 Å². The summed E-state index contributed by atoms with van der Waals surface area (Å²) in [5.41, 5.74) is 7.36. The van der Waals surface area contributed by atoms with Crippen molar-refractivity contribution in [1.82, 2.24) is 19.7 Å². The van der Waals surface area contributed by atoms with Crippen LogP contribution in [0.1, 0.15) is 5.56 Å². The van der Waals surface area contributed by atoms with Gasteiger partial charge in [0.05, 0.1) is 12.4 Å². The molecule has 0 aromatic carbocycles. The topological polar surface area (TPSA) is 69.6 Å². The summed E-state index contributed by atoms with van der Waals surface area (Å²) in [5.74, 6) is 0.531. The first-order valence-corrected chi connectivity index (χ1v) is 3.84. The number of aryl methyl sites for hydroxylation is 1. The highest BCUT2D eigenvalue weighted by atomic mass is 15.3. The van der Waals surface area contributed by atoms with Crippen molar-refractivity contribution >= 4 is 5.82 Å². The minimum absolute atomic E-state index is 0.531. The van der Waals surface area contributed by atoms with Gasteiger partial charge in [0.2, 0.25) is 0 Å². The van der Waals surface area contributed by atoms with E-state index in [4.69, 9.17) is 5.73 Å². The van der Waals surface area contributed by atoms with E-state index in [9.17, 15) is 0 Å². The Hall–Kier alpha value is -1.91. The standard InChI is InChI=1S/C8H9N5/c1-6-4-13(12-8(6)9)7-2-10-5-11-3-7/h2-5H,1H3,(H2,9,12). The molecule has 0 spiro atoms. The van der Waals surface area contributed by atoms with Crippen LogP contribution in [0.5, 0.6) is 0 Å². The first kappa shape index (κ1) is 7.72. The zero-order valence-corrected chi connectivity index (χ0v) is 7.18. The molecular weight excluding hydrogens is 166 g/mol. The van der Waals surface area contributed by atoms with Gasteiger partial charge < -0.3 is 5.73 Å². The molecule has 0 aliphatic carbocycles. The second-order valence-corrected chi connectivity index (χ2v) is 2.74. The van der Waals surface area contributed by atoms with Crippen molar-refractivity contribution in [3.05, 3.63) is 30.5 Å². The van der Waals surface area contributed by atoms with Crippen molar-refractivity contribution in [2.75, 3.05) is 5.73 Å². The van der Waals surface area contributed by atoms with Crippen LogP contribution in [-0.2, 0) is 0 Å². The number of hydrogen-bond donors (Lipinski definition) is 1. The van der Waals surface area contributed by atoms with Crippen LogP contribution in [0, 0.1) is 6.92 Å². The predicted octanol–water partition coefficient (Wildman–Crippen LogP) is 0.553. The van der Waals surface area contributed by atoms with Crippen LogP contribution in [0.15, 0.2) is 24.9 Å². The highest BCUT2D eigenvalue weighted by molar-refractivity contribution is 5.39. The van der Waals surface area contributed by atoms with Crippen LogP contribution in [0.2, 0.25) is 0 Å². The third-order valence-corrected chi connectivity index (χ3v) is 1.75. The molecule has 5 heteroatoms. The van der Waals surface area contributed by atoms with Crippen LogP contribution in [0.4, 0.5) is 5.82 Å². The largest absolute Gasteiger partial charge is 0.382 e. The lowest BCUT2D eigenvalue weighted by molar-refractivity contribution is 0.868. The van der Waals surface area contributed by atoms with Gasteiger partial charge in [-0.15, -0.1) is 0 Å². The molecule has 2 N–H and O–H groups in total. The molecule has 2 rings (SSSR count). The minimum Gasteiger partial charge on any atom is -0.382 e. The lowest BCUT2D eigenvalue weighted by Crippen LogP contribution is -1.97. The van der Waals surface area contributed by atoms with Gasteiger partial charge in [-0.25, -0.2) is 14.6 Å². The number of nitrogen functional groups attached to an aromatic ring is 1. The van der Waals surface area contributed by atoms with E-state index in [0.717, 1.165) is 11.3 Å². The molecule has 0 saturated heterocycles. The first-order chi connectivity index (χ1) is 6.27. The smallest absolute Gasteiger partial charge is 0.148 e. The maximum Gasteiger partial charge on any atom is 0.148 e. The first-order valence-electron chi connectivity index (χ1n) is 3.84. The minimum atomic E-state index is 0.531. The molecule has 2 heterocycles. The van der Waals surface area contributed by atoms with Gasteiger partial charge in [-0.1, -0.05) is 0 Å². The lowest BCUT2D eigenvalue weighted by Gasteiger charge is -1.96. The van der Waals surface area contributed by atoms with Crippen molar-refractivity contribution in [2.45, 2.75) is 6.92 Å². The number of aromatic nitrogens is 4. The lowest BCUT2D eigenvalue weighted by atomic mass is 10.4. The van der Waals surface area contributed by atoms with Crippen molar-refractivity contribution < 1.29 is 0 Å². The van der Waals surface area contributed by atoms with Gasteiger partial charge >= 0.3 is 0 Å². The molecular formula is C8H9N5. The molecule has 0 aliphatic rings. The Morgan fingerprint density at radius 2 is 2.00 bits per heavy atom. The second kappa shape index (κ2) is 2.85. The van der Waals surface area contributed by atoms with Gasteiger partial charge in [0.15, 0.2) is 0 Å². The normalized spacial score (nSPS) is 10.2. The molecule has 0 amide bonds. The van der Waals surface area contributed by atoms with E-state index in [0.29, 0.717) is 5.82 Å². The quantitative estimate of drug-likeness (QED) is 0.687. The zero-order valence-electron chi connectivity index (χ0n) is 7.18. The van der Waals surface area contributed by atoms with Gasteiger partial charge in [0.1, 0.15) is 17.8 Å². The Morgan fingerprint density at radius 1 is 1.31 bits per heavy atom. The van der Waals surface area contributed by atoms with E-state index in [1.165, 1.54) is 6.33 Å². The van der Waals surface area contributed by atoms with E-state index in [1.54, 1.807) is 17.1 Å². The average Bonchev–Trinajstić information content (AvgIpc) is 2.49. The molecule has 0 unspecified atom stereocenters. The molecule has 0 saturated carbocycles. The molecule has 5 nitrogen and oxygen atoms in total. The monoisotopic (exact) mass is 175 g/mol. The predicted molar refractivity (Wildman–Crippen MR) is 48.3 cm³/mol. The van der Waals surface area contributed by atoms with Crippen molar-refractivity contribution in [1.29, 1.82) is 0 Å². The van der Waals surface area contributed by atoms with Crippen LogP contribution in [0.3, 0.4) is 0 Å². The van der Waals surface area contributed by atoms with Crippen LogP contribution < -0.4 is 5.73 Å². The molecule has 0 aliphatic heterocycles. The zero-order chi connectivity index (χ0) is 9.26. The molecule has 2 aromatic heterocycles. The fraction of sp³-hybridized carbons (Fsp3) is 0.125. The SMILES string of the molecule is Cc1cn(-c2cncnc2)nc1N. The number of nitrogens with two attached hydrogens (primary N) is 1. The van der Waals surface area contributed by atoms with Crippen molar-refractivity contribution in [2.24, 2.45) is 0 Å². The van der Waals surface area contributed by atoms with Crippen LogP contribution in [-0.4, -0.2) is 19.7 Å². The Kier molecular flexibility index (Phi) is 1.70.